The number of rotatable bonds is 53. The second kappa shape index (κ2) is 55.4. The maximum atomic E-state index is 14.9. The van der Waals surface area contributed by atoms with Crippen LogP contribution in [0.25, 0.3) is 0 Å². The predicted octanol–water partition coefficient (Wildman–Crippen LogP) is -10.0. The van der Waals surface area contributed by atoms with E-state index >= 15 is 0 Å². The van der Waals surface area contributed by atoms with Gasteiger partial charge in [-0.05, 0) is 68.6 Å². The number of likely N-dealkylation sites (tertiary alicyclic amines) is 2. The van der Waals surface area contributed by atoms with Crippen molar-refractivity contribution in [2.45, 2.75) is 201 Å². The highest BCUT2D eigenvalue weighted by Crippen LogP contribution is 2.24. The lowest BCUT2D eigenvalue weighted by molar-refractivity contribution is -0.192. The number of benzene rings is 1. The van der Waals surface area contributed by atoms with Crippen LogP contribution in [0.4, 0.5) is 13.2 Å². The minimum absolute atomic E-state index is 0.0580. The molecule has 0 unspecified atom stereocenters. The highest BCUT2D eigenvalue weighted by atomic mass is 32.1. The molecule has 722 valence electrons. The lowest BCUT2D eigenvalue weighted by atomic mass is 9.97. The molecule has 3 heterocycles. The van der Waals surface area contributed by atoms with Crippen LogP contribution in [0.3, 0.4) is 0 Å². The third-order valence-electron chi connectivity index (χ3n) is 19.6. The summed E-state index contributed by atoms with van der Waals surface area (Å²) < 4.78 is 31.7. The van der Waals surface area contributed by atoms with Gasteiger partial charge in [-0.25, -0.2) is 9.78 Å². The fourth-order valence-electron chi connectivity index (χ4n) is 12.6. The van der Waals surface area contributed by atoms with E-state index in [2.05, 4.69) is 135 Å². The van der Waals surface area contributed by atoms with Gasteiger partial charge >= 0.3 is 30.1 Å². The number of imidazole rings is 1. The number of aliphatic hydroxyl groups excluding tert-OH is 1. The van der Waals surface area contributed by atoms with Gasteiger partial charge < -0.3 is 143 Å². The van der Waals surface area contributed by atoms with Gasteiger partial charge in [0.2, 0.25) is 100 Å². The molecule has 16 atom stereocenters. The molecular formula is C73H108F3N23O27S4. The van der Waals surface area contributed by atoms with Crippen LogP contribution in [0.2, 0.25) is 0 Å². The number of guanidine groups is 1. The number of amides is 17. The number of primary amides is 2. The number of hydrogen-bond donors (Lipinski definition) is 30. The van der Waals surface area contributed by atoms with Crippen LogP contribution in [0.15, 0.2) is 36.8 Å². The van der Waals surface area contributed by atoms with Crippen molar-refractivity contribution in [2.24, 2.45) is 28.9 Å². The lowest BCUT2D eigenvalue weighted by Gasteiger charge is -2.31. The SMILES string of the molecule is CC[C@H](C)[C@H](NC(=O)[C@H](CCC(=O)O)NC(=O)[C@@H]1CCCN1C(=O)[C@H](Cc1cnc[nH]1)NC(=O)[C@H](CC(=O)O)NC(=O)[C@H](Cc1ccc(O)cc1)NC(=O)[C@H](CC(N)=O)NC(=O)[C@H](CS)NC(=O)[C@H](CCCNC(=N)N)NC(=O)[C@@H]1CCCN1C(=O)[C@H](CC(=O)O)NC(=O)[C@H](CO)NC(=O)[C@H](CS)NC(=O)[C@H](CS)NC(=O)CN)C(=O)N[C@@H](CS)C(N)=O.O=C(O)C(F)(F)F. The van der Waals surface area contributed by atoms with Crippen molar-refractivity contribution in [2.75, 3.05) is 55.8 Å². The number of phenolic OH excluding ortho intramolecular Hbond substituents is 1. The van der Waals surface area contributed by atoms with Crippen LogP contribution >= 0.6 is 50.5 Å². The Labute approximate surface area is 760 Å². The van der Waals surface area contributed by atoms with Gasteiger partial charge in [0.25, 0.3) is 0 Å². The average molecular weight is 1930 g/mol. The van der Waals surface area contributed by atoms with E-state index in [0.29, 0.717) is 6.42 Å². The van der Waals surface area contributed by atoms with E-state index in [1.807, 2.05) is 0 Å². The van der Waals surface area contributed by atoms with Gasteiger partial charge in [-0.15, -0.1) is 0 Å². The molecule has 130 heavy (non-hydrogen) atoms. The van der Waals surface area contributed by atoms with E-state index in [0.717, 1.165) is 9.80 Å². The van der Waals surface area contributed by atoms with Gasteiger partial charge in [-0.3, -0.25) is 101 Å². The van der Waals surface area contributed by atoms with Gasteiger partial charge in [0, 0.05) is 73.8 Å². The highest BCUT2D eigenvalue weighted by molar-refractivity contribution is 7.80. The molecule has 17 amide bonds. The van der Waals surface area contributed by atoms with Gasteiger partial charge in [0.15, 0.2) is 5.96 Å². The van der Waals surface area contributed by atoms with Crippen molar-refractivity contribution in [1.82, 2.24) is 94.2 Å². The van der Waals surface area contributed by atoms with E-state index < -0.39 is 303 Å². The normalized spacial score (nSPS) is 16.6. The third kappa shape index (κ3) is 37.7. The number of aliphatic hydroxyl groups is 1. The summed E-state index contributed by atoms with van der Waals surface area (Å²) in [4.78, 5) is 289. The number of halogens is 3. The number of H-pyrrole nitrogens is 1. The number of carbonyl (C=O) groups is 21. The molecule has 0 aliphatic carbocycles. The number of alkyl halides is 3. The second-order valence-electron chi connectivity index (χ2n) is 29.3. The molecular weight excluding hydrogens is 1820 g/mol. The number of nitrogens with one attached hydrogen (secondary N) is 16. The summed E-state index contributed by atoms with van der Waals surface area (Å²) in [6, 6.07) is -20.3. The molecule has 0 bridgehead atoms. The van der Waals surface area contributed by atoms with Crippen molar-refractivity contribution < 1.29 is 144 Å². The van der Waals surface area contributed by atoms with Gasteiger partial charge in [0.05, 0.1) is 38.7 Å². The monoisotopic (exact) mass is 1920 g/mol. The molecule has 0 radical (unpaired) electrons. The van der Waals surface area contributed by atoms with Crippen molar-refractivity contribution >= 4 is 181 Å². The molecule has 57 heteroatoms. The van der Waals surface area contributed by atoms with Gasteiger partial charge in [0.1, 0.15) is 96.4 Å². The van der Waals surface area contributed by atoms with E-state index in [1.54, 1.807) is 13.8 Å². The number of aromatic amines is 1. The fraction of sp³-hybridized carbons (Fsp3) is 0.575. The van der Waals surface area contributed by atoms with Crippen LogP contribution in [-0.4, -0.2) is 333 Å². The van der Waals surface area contributed by atoms with Gasteiger partial charge in [-0.1, -0.05) is 32.4 Å². The van der Waals surface area contributed by atoms with Crippen molar-refractivity contribution in [3.63, 3.8) is 0 Å². The first-order valence-electron chi connectivity index (χ1n) is 39.7. The smallest absolute Gasteiger partial charge is 0.490 e. The number of phenols is 1. The maximum absolute atomic E-state index is 14.9. The van der Waals surface area contributed by atoms with E-state index in [9.17, 15) is 135 Å². The fourth-order valence-corrected chi connectivity index (χ4v) is 13.6. The summed E-state index contributed by atoms with van der Waals surface area (Å²) in [5.41, 5.74) is 22.1. The zero-order chi connectivity index (χ0) is 98.1. The van der Waals surface area contributed by atoms with Crippen LogP contribution in [0, 0.1) is 11.3 Å². The summed E-state index contributed by atoms with van der Waals surface area (Å²) in [6.07, 6.45) is -8.33. The zero-order valence-electron chi connectivity index (χ0n) is 69.8. The summed E-state index contributed by atoms with van der Waals surface area (Å²) >= 11 is 16.3. The van der Waals surface area contributed by atoms with E-state index in [4.69, 9.17) is 38.2 Å². The molecule has 4 rings (SSSR count). The molecule has 0 spiro atoms. The van der Waals surface area contributed by atoms with E-state index in [1.165, 1.54) is 36.8 Å². The number of carboxylic acid groups (broad SMARTS) is 4. The minimum Gasteiger partial charge on any atom is -0.508 e. The Morgan fingerprint density at radius 1 is 0.523 bits per heavy atom. The topological polar surface area (TPSA) is 811 Å². The van der Waals surface area contributed by atoms with Crippen LogP contribution in [0.5, 0.6) is 5.75 Å². The minimum atomic E-state index is -5.08. The predicted molar refractivity (Wildman–Crippen MR) is 457 cm³/mol. The molecule has 1 aromatic carbocycles. The standard InChI is InChI=1S/C71H107N23O25S4.C2HF3O2/c1-3-32(2)55(68(117)89-44(27-120)56(74)105)92-58(107)37(14-15-52(99)100)82-67(116)49-9-5-17-93(49)69(118)41(20-34-25-77-31-79-34)86-61(110)40(22-53(101)102)85-59(108)38(19-33-10-12-35(96)13-11-33)83-60(109)39(21-50(73)97)84-64(113)46(29-122)90-57(106)36(7-4-16-78-71(75)76)81-66(115)48-8-6-18-94(48)70(119)42(23-54(103)104)87-62(111)43(26-95)88-65(114)47(30-123)91-63(112)45(28-121)80-51(98)24-72;3-2(4,5)1(6)7/h10-13,25,31-32,36-49,55,95-96,120-123H,3-9,14-24,26-30,72H2,1-2H3,(H2,73,97)(H2,74,105)(H,77,79)(H,80,98)(H,81,115)(H,82,116)(H,83,109)(H,84,113)(H,85,108)(H,86,110)(H,87,111)(H,88,114)(H,89,117)(H,90,106)(H,91,112)(H,92,107)(H,99,100)(H,101,102)(H,103,104)(H4,75,76,78);(H,6,7)/t32-,36-,37-,38-,39-,40-,41-,42-,43-,44-,45-,46-,47-,48-,49-,55-;/m0./s1. The summed E-state index contributed by atoms with van der Waals surface area (Å²) in [5, 5.41) is 97.8. The highest BCUT2D eigenvalue weighted by Gasteiger charge is 2.45. The molecule has 0 saturated carbocycles. The Morgan fingerprint density at radius 2 is 0.931 bits per heavy atom. The molecule has 2 aliphatic heterocycles. The number of carboxylic acids is 4. The van der Waals surface area contributed by atoms with Crippen LogP contribution in [-0.2, 0) is 114 Å². The number of nitrogens with two attached hydrogens (primary N) is 4. The summed E-state index contributed by atoms with van der Waals surface area (Å²) in [7, 11) is 0. The average Bonchev–Trinajstić information content (AvgIpc) is 1.64. The first kappa shape index (κ1) is 112. The Kier molecular flexibility index (Phi) is 47.6. The Bertz CT molecular complexity index is 4360. The Hall–Kier alpha value is -12.5. The lowest BCUT2D eigenvalue weighted by Crippen LogP contribution is -2.62. The van der Waals surface area contributed by atoms with E-state index in [-0.39, 0.29) is 86.7 Å². The summed E-state index contributed by atoms with van der Waals surface area (Å²) in [6.45, 7) is 1.12. The van der Waals surface area contributed by atoms with Crippen molar-refractivity contribution in [3.8, 4) is 5.75 Å². The quantitative estimate of drug-likeness (QED) is 0.0127. The molecule has 2 aliphatic rings. The molecule has 30 N–H and O–H groups in total. The molecule has 2 fully saturated rings. The zero-order valence-corrected chi connectivity index (χ0v) is 73.4. The molecule has 50 nitrogen and oxygen atoms in total. The molecule has 2 aromatic rings. The van der Waals surface area contributed by atoms with Crippen LogP contribution < -0.4 is 97.4 Å². The number of aromatic hydroxyl groups is 1. The first-order chi connectivity index (χ1) is 61.1. The second-order valence-corrected chi connectivity index (χ2v) is 30.8. The largest absolute Gasteiger partial charge is 0.508 e. The van der Waals surface area contributed by atoms with Crippen molar-refractivity contribution in [3.05, 3.63) is 48.0 Å². The first-order valence-corrected chi connectivity index (χ1v) is 42.3. The number of aromatic nitrogens is 2. The van der Waals surface area contributed by atoms with Crippen molar-refractivity contribution in [1.29, 1.82) is 5.41 Å². The number of hydrogen-bond acceptors (Lipinski definition) is 30. The van der Waals surface area contributed by atoms with Crippen LogP contribution in [0.1, 0.15) is 102 Å². The molecule has 1 aromatic heterocycles. The summed E-state index contributed by atoms with van der Waals surface area (Å²) in [5.74, 6) is -29.1. The number of carbonyl (C=O) groups excluding carboxylic acids is 17. The number of aliphatic carboxylic acids is 4. The van der Waals surface area contributed by atoms with Gasteiger partial charge in [-0.2, -0.15) is 63.7 Å². The molecule has 2 saturated heterocycles. The third-order valence-corrected chi connectivity index (χ3v) is 21.0. The Morgan fingerprint density at radius 3 is 1.37 bits per heavy atom. The Balaban J connectivity index is 0.00000596. The maximum Gasteiger partial charge on any atom is 0.490 e. The number of thiol groups is 4. The number of nitrogens with zero attached hydrogens (tertiary/aromatic N) is 3.